The lowest BCUT2D eigenvalue weighted by atomic mass is 10.1. The number of fused-ring (bicyclic) bond motifs is 1. The zero-order chi connectivity index (χ0) is 16.2. The minimum absolute atomic E-state index is 0.123. The lowest BCUT2D eigenvalue weighted by Gasteiger charge is -2.07. The number of nitrogens with zero attached hydrogens (tertiary/aromatic N) is 1. The van der Waals surface area contributed by atoms with Crippen molar-refractivity contribution < 1.29 is 9.53 Å². The van der Waals surface area contributed by atoms with E-state index in [4.69, 9.17) is 4.74 Å². The number of H-pyrrole nitrogens is 1. The van der Waals surface area contributed by atoms with Crippen LogP contribution in [0.15, 0.2) is 53.3 Å². The van der Waals surface area contributed by atoms with Gasteiger partial charge in [-0.2, -0.15) is 4.98 Å². The zero-order valence-corrected chi connectivity index (χ0v) is 12.5. The quantitative estimate of drug-likeness (QED) is 0.770. The molecule has 116 valence electrons. The lowest BCUT2D eigenvalue weighted by Crippen LogP contribution is -2.27. The van der Waals surface area contributed by atoms with Gasteiger partial charge >= 0.3 is 5.69 Å². The van der Waals surface area contributed by atoms with Crippen molar-refractivity contribution in [2.24, 2.45) is 0 Å². The van der Waals surface area contributed by atoms with Gasteiger partial charge in [-0.15, -0.1) is 0 Å². The Morgan fingerprint density at radius 2 is 1.91 bits per heavy atom. The molecule has 0 aliphatic heterocycles. The molecule has 0 unspecified atom stereocenters. The first-order valence-corrected chi connectivity index (χ1v) is 7.07. The number of para-hydroxylation sites is 1. The van der Waals surface area contributed by atoms with Gasteiger partial charge in [-0.25, -0.2) is 4.79 Å². The Hall–Kier alpha value is -3.15. The number of rotatable bonds is 4. The number of carbonyl (C=O) groups is 1. The van der Waals surface area contributed by atoms with Crippen molar-refractivity contribution in [3.8, 4) is 5.75 Å². The third-order valence-electron chi connectivity index (χ3n) is 3.46. The molecule has 0 saturated heterocycles. The van der Waals surface area contributed by atoms with Crippen LogP contribution in [0.2, 0.25) is 0 Å². The summed E-state index contributed by atoms with van der Waals surface area (Å²) in [6.07, 6.45) is 0. The second-order valence-corrected chi connectivity index (χ2v) is 4.97. The molecule has 1 aromatic heterocycles. The predicted octanol–water partition coefficient (Wildman–Crippen LogP) is 1.86. The maximum Gasteiger partial charge on any atom is 0.346 e. The van der Waals surface area contributed by atoms with Crippen LogP contribution in [0, 0.1) is 0 Å². The number of methoxy groups -OCH3 is 1. The van der Waals surface area contributed by atoms with E-state index >= 15 is 0 Å². The highest BCUT2D eigenvalue weighted by Gasteiger charge is 2.13. The topological polar surface area (TPSA) is 84.1 Å². The third-order valence-corrected chi connectivity index (χ3v) is 3.46. The summed E-state index contributed by atoms with van der Waals surface area (Å²) >= 11 is 0. The Morgan fingerprint density at radius 1 is 1.17 bits per heavy atom. The molecule has 23 heavy (non-hydrogen) atoms. The molecule has 1 heterocycles. The van der Waals surface area contributed by atoms with Crippen LogP contribution in [0.3, 0.4) is 0 Å². The fourth-order valence-corrected chi connectivity index (χ4v) is 2.29. The van der Waals surface area contributed by atoms with Gasteiger partial charge in [-0.05, 0) is 23.8 Å². The minimum atomic E-state index is -0.543. The number of amides is 1. The molecule has 0 spiro atoms. The second-order valence-electron chi connectivity index (χ2n) is 4.97. The van der Waals surface area contributed by atoms with Gasteiger partial charge in [-0.1, -0.05) is 30.3 Å². The van der Waals surface area contributed by atoms with Crippen LogP contribution in [0.1, 0.15) is 16.1 Å². The number of hydrogen-bond acceptors (Lipinski definition) is 4. The van der Waals surface area contributed by atoms with Crippen molar-refractivity contribution in [2.75, 3.05) is 7.11 Å². The molecule has 3 aromatic rings. The van der Waals surface area contributed by atoms with Gasteiger partial charge in [0, 0.05) is 11.9 Å². The molecule has 1 amide bonds. The summed E-state index contributed by atoms with van der Waals surface area (Å²) in [6, 6.07) is 14.4. The Balaban J connectivity index is 1.81. The standard InChI is InChI=1S/C17H15N3O3/c1-23-12-8-6-11(7-9-12)10-18-16(21)15-13-4-2-3-5-14(13)19-17(22)20-15/h2-9H,10H2,1H3,(H,18,21)(H,19,20,22). The van der Waals surface area contributed by atoms with E-state index in [2.05, 4.69) is 15.3 Å². The van der Waals surface area contributed by atoms with Gasteiger partial charge < -0.3 is 15.0 Å². The van der Waals surface area contributed by atoms with Gasteiger partial charge in [0.1, 0.15) is 11.4 Å². The second kappa shape index (κ2) is 6.31. The van der Waals surface area contributed by atoms with Crippen LogP contribution in [0.25, 0.3) is 10.9 Å². The van der Waals surface area contributed by atoms with E-state index in [1.807, 2.05) is 24.3 Å². The van der Waals surface area contributed by atoms with E-state index in [9.17, 15) is 9.59 Å². The smallest absolute Gasteiger partial charge is 0.346 e. The van der Waals surface area contributed by atoms with Gasteiger partial charge in [0.05, 0.1) is 12.6 Å². The Bertz CT molecular complexity index is 901. The largest absolute Gasteiger partial charge is 0.497 e. The number of aromatic nitrogens is 2. The molecule has 2 aromatic carbocycles. The van der Waals surface area contributed by atoms with Crippen molar-refractivity contribution in [3.05, 3.63) is 70.3 Å². The molecular weight excluding hydrogens is 294 g/mol. The summed E-state index contributed by atoms with van der Waals surface area (Å²) in [5.41, 5.74) is 1.09. The molecule has 6 heteroatoms. The Morgan fingerprint density at radius 3 is 2.65 bits per heavy atom. The summed E-state index contributed by atoms with van der Waals surface area (Å²) < 4.78 is 5.09. The number of carbonyl (C=O) groups excluding carboxylic acids is 1. The van der Waals surface area contributed by atoms with Crippen molar-refractivity contribution in [1.29, 1.82) is 0 Å². The average Bonchev–Trinajstić information content (AvgIpc) is 2.59. The van der Waals surface area contributed by atoms with Crippen LogP contribution in [-0.2, 0) is 6.54 Å². The average molecular weight is 309 g/mol. The molecule has 0 aliphatic carbocycles. The molecular formula is C17H15N3O3. The Kier molecular flexibility index (Phi) is 4.05. The monoisotopic (exact) mass is 309 g/mol. The number of hydrogen-bond donors (Lipinski definition) is 2. The summed E-state index contributed by atoms with van der Waals surface area (Å²) in [5.74, 6) is 0.366. The number of ether oxygens (including phenoxy) is 1. The van der Waals surface area contributed by atoms with E-state index in [0.717, 1.165) is 11.3 Å². The molecule has 0 saturated carbocycles. The van der Waals surface area contributed by atoms with E-state index in [0.29, 0.717) is 17.4 Å². The van der Waals surface area contributed by atoms with Crippen LogP contribution in [0.5, 0.6) is 5.75 Å². The van der Waals surface area contributed by atoms with E-state index in [1.165, 1.54) is 0 Å². The summed E-state index contributed by atoms with van der Waals surface area (Å²) in [5, 5.41) is 3.39. The molecule has 0 atom stereocenters. The first-order valence-electron chi connectivity index (χ1n) is 7.07. The number of aromatic amines is 1. The SMILES string of the molecule is COc1ccc(CNC(=O)c2nc(=O)[nH]c3ccccc23)cc1. The highest BCUT2D eigenvalue weighted by Crippen LogP contribution is 2.14. The van der Waals surface area contributed by atoms with E-state index < -0.39 is 5.69 Å². The van der Waals surface area contributed by atoms with E-state index in [-0.39, 0.29) is 11.6 Å². The lowest BCUT2D eigenvalue weighted by molar-refractivity contribution is 0.0947. The molecule has 0 radical (unpaired) electrons. The number of benzene rings is 2. The van der Waals surface area contributed by atoms with E-state index in [1.54, 1.807) is 31.4 Å². The van der Waals surface area contributed by atoms with Gasteiger partial charge in [-0.3, -0.25) is 4.79 Å². The number of nitrogens with one attached hydrogen (secondary N) is 2. The zero-order valence-electron chi connectivity index (χ0n) is 12.5. The van der Waals surface area contributed by atoms with Crippen LogP contribution < -0.4 is 15.7 Å². The predicted molar refractivity (Wildman–Crippen MR) is 86.5 cm³/mol. The minimum Gasteiger partial charge on any atom is -0.497 e. The molecule has 0 fully saturated rings. The van der Waals surface area contributed by atoms with Gasteiger partial charge in [0.25, 0.3) is 5.91 Å². The maximum absolute atomic E-state index is 12.4. The fraction of sp³-hybridized carbons (Fsp3) is 0.118. The molecule has 0 bridgehead atoms. The fourth-order valence-electron chi connectivity index (χ4n) is 2.29. The summed E-state index contributed by atoms with van der Waals surface area (Å²) in [4.78, 5) is 30.4. The van der Waals surface area contributed by atoms with Crippen molar-refractivity contribution in [3.63, 3.8) is 0 Å². The molecule has 3 rings (SSSR count). The van der Waals surface area contributed by atoms with Crippen molar-refractivity contribution in [2.45, 2.75) is 6.54 Å². The van der Waals surface area contributed by atoms with Gasteiger partial charge in [0.2, 0.25) is 0 Å². The highest BCUT2D eigenvalue weighted by atomic mass is 16.5. The normalized spacial score (nSPS) is 10.5. The van der Waals surface area contributed by atoms with Crippen LogP contribution in [-0.4, -0.2) is 23.0 Å². The summed E-state index contributed by atoms with van der Waals surface area (Å²) in [7, 11) is 1.60. The summed E-state index contributed by atoms with van der Waals surface area (Å²) in [6.45, 7) is 0.339. The first-order chi connectivity index (χ1) is 11.2. The third kappa shape index (κ3) is 3.21. The van der Waals surface area contributed by atoms with Crippen LogP contribution in [0.4, 0.5) is 0 Å². The van der Waals surface area contributed by atoms with Crippen molar-refractivity contribution >= 4 is 16.8 Å². The highest BCUT2D eigenvalue weighted by molar-refractivity contribution is 6.04. The Labute approximate surface area is 132 Å². The molecule has 2 N–H and O–H groups in total. The van der Waals surface area contributed by atoms with Crippen molar-refractivity contribution in [1.82, 2.24) is 15.3 Å². The van der Waals surface area contributed by atoms with Crippen LogP contribution >= 0.6 is 0 Å². The first kappa shape index (κ1) is 14.8. The molecule has 6 nitrogen and oxygen atoms in total. The molecule has 0 aliphatic rings. The maximum atomic E-state index is 12.4. The van der Waals surface area contributed by atoms with Gasteiger partial charge in [0.15, 0.2) is 0 Å².